The molecule has 0 bridgehead atoms. The number of nitrogens with zero attached hydrogens (tertiary/aromatic N) is 3. The largest absolute Gasteiger partial charge is 0.330 e. The molecule has 0 unspecified atom stereocenters. The summed E-state index contributed by atoms with van der Waals surface area (Å²) in [6, 6.07) is 0. The van der Waals surface area contributed by atoms with E-state index in [4.69, 9.17) is 17.3 Å². The summed E-state index contributed by atoms with van der Waals surface area (Å²) >= 11 is 5.81. The second-order valence-electron chi connectivity index (χ2n) is 2.73. The average molecular weight is 197 g/mol. The molecule has 68 valence electrons. The predicted octanol–water partition coefficient (Wildman–Crippen LogP) is 0.884. The van der Waals surface area contributed by atoms with Crippen molar-refractivity contribution >= 4 is 17.4 Å². The van der Waals surface area contributed by atoms with Gasteiger partial charge in [-0.3, -0.25) is 4.40 Å². The maximum atomic E-state index is 5.81. The van der Waals surface area contributed by atoms with E-state index in [9.17, 15) is 0 Å². The van der Waals surface area contributed by atoms with Crippen molar-refractivity contribution in [2.45, 2.75) is 6.42 Å². The molecule has 0 fully saturated rings. The van der Waals surface area contributed by atoms with Crippen LogP contribution in [0, 0.1) is 0 Å². The number of imidazole rings is 1. The molecule has 13 heavy (non-hydrogen) atoms. The first-order chi connectivity index (χ1) is 6.31. The lowest BCUT2D eigenvalue weighted by Crippen LogP contribution is -2.05. The molecule has 0 saturated heterocycles. The van der Waals surface area contributed by atoms with Crippen LogP contribution in [-0.2, 0) is 6.42 Å². The van der Waals surface area contributed by atoms with Gasteiger partial charge in [0.15, 0.2) is 0 Å². The fourth-order valence-electron chi connectivity index (χ4n) is 1.23. The van der Waals surface area contributed by atoms with Crippen LogP contribution < -0.4 is 5.73 Å². The van der Waals surface area contributed by atoms with E-state index in [1.165, 1.54) is 0 Å². The van der Waals surface area contributed by atoms with Crippen LogP contribution in [0.15, 0.2) is 18.6 Å². The van der Waals surface area contributed by atoms with Gasteiger partial charge in [0.2, 0.25) is 5.78 Å². The third-order valence-electron chi connectivity index (χ3n) is 1.81. The Kier molecular flexibility index (Phi) is 2.16. The molecule has 0 aromatic carbocycles. The van der Waals surface area contributed by atoms with Crippen molar-refractivity contribution in [3.05, 3.63) is 29.3 Å². The summed E-state index contributed by atoms with van der Waals surface area (Å²) in [5.41, 5.74) is 6.49. The first-order valence-electron chi connectivity index (χ1n) is 3.99. The molecule has 2 N–H and O–H groups in total. The van der Waals surface area contributed by atoms with E-state index in [-0.39, 0.29) is 0 Å². The van der Waals surface area contributed by atoms with Gasteiger partial charge in [-0.25, -0.2) is 9.97 Å². The van der Waals surface area contributed by atoms with E-state index in [1.54, 1.807) is 18.6 Å². The molecule has 0 saturated carbocycles. The van der Waals surface area contributed by atoms with Gasteiger partial charge < -0.3 is 5.73 Å². The van der Waals surface area contributed by atoms with Crippen LogP contribution in [-0.4, -0.2) is 20.9 Å². The van der Waals surface area contributed by atoms with E-state index in [1.807, 2.05) is 4.40 Å². The van der Waals surface area contributed by atoms with Gasteiger partial charge in [0.25, 0.3) is 0 Å². The zero-order valence-corrected chi connectivity index (χ0v) is 7.70. The third-order valence-corrected chi connectivity index (χ3v) is 2.01. The minimum atomic E-state index is 0.598. The molecule has 0 amide bonds. The van der Waals surface area contributed by atoms with Crippen LogP contribution in [0.1, 0.15) is 5.69 Å². The Hall–Kier alpha value is -1.13. The van der Waals surface area contributed by atoms with Gasteiger partial charge in [-0.05, 0) is 6.54 Å². The third kappa shape index (κ3) is 1.50. The van der Waals surface area contributed by atoms with Gasteiger partial charge in [0.05, 0.1) is 17.4 Å². The SMILES string of the molecule is NCCc1cnc2ncc(Cl)cn12. The molecule has 2 aromatic rings. The first-order valence-corrected chi connectivity index (χ1v) is 4.36. The number of aromatic nitrogens is 3. The van der Waals surface area contributed by atoms with E-state index < -0.39 is 0 Å². The van der Waals surface area contributed by atoms with Crippen molar-refractivity contribution in [3.63, 3.8) is 0 Å². The Morgan fingerprint density at radius 1 is 1.38 bits per heavy atom. The molecule has 0 atom stereocenters. The summed E-state index contributed by atoms with van der Waals surface area (Å²) in [7, 11) is 0. The summed E-state index contributed by atoms with van der Waals surface area (Å²) in [6.07, 6.45) is 5.92. The lowest BCUT2D eigenvalue weighted by Gasteiger charge is -1.98. The van der Waals surface area contributed by atoms with Crippen molar-refractivity contribution in [3.8, 4) is 0 Å². The minimum absolute atomic E-state index is 0.598. The zero-order valence-electron chi connectivity index (χ0n) is 6.94. The van der Waals surface area contributed by atoms with Crippen molar-refractivity contribution in [1.29, 1.82) is 0 Å². The standard InChI is InChI=1S/C8H9ClN4/c9-6-3-11-8-12-4-7(1-2-10)13(8)5-6/h3-5H,1-2,10H2. The molecule has 0 aliphatic rings. The van der Waals surface area contributed by atoms with Gasteiger partial charge in [-0.15, -0.1) is 0 Å². The molecular formula is C8H9ClN4. The number of rotatable bonds is 2. The van der Waals surface area contributed by atoms with E-state index in [0.29, 0.717) is 17.3 Å². The highest BCUT2D eigenvalue weighted by Gasteiger charge is 2.02. The van der Waals surface area contributed by atoms with Crippen LogP contribution >= 0.6 is 11.6 Å². The van der Waals surface area contributed by atoms with Gasteiger partial charge in [0, 0.05) is 18.3 Å². The monoisotopic (exact) mass is 196 g/mol. The fourth-order valence-corrected chi connectivity index (χ4v) is 1.38. The fraction of sp³-hybridized carbons (Fsp3) is 0.250. The quantitative estimate of drug-likeness (QED) is 0.776. The molecule has 0 aliphatic carbocycles. The second kappa shape index (κ2) is 3.32. The Bertz CT molecular complexity index is 423. The molecule has 0 radical (unpaired) electrons. The zero-order chi connectivity index (χ0) is 9.26. The van der Waals surface area contributed by atoms with Gasteiger partial charge in [-0.1, -0.05) is 11.6 Å². The number of nitrogens with two attached hydrogens (primary N) is 1. The molecule has 2 aromatic heterocycles. The van der Waals surface area contributed by atoms with Crippen molar-refractivity contribution in [1.82, 2.24) is 14.4 Å². The molecule has 0 aliphatic heterocycles. The molecule has 2 heterocycles. The maximum absolute atomic E-state index is 5.81. The summed E-state index contributed by atoms with van der Waals surface area (Å²) in [5, 5.41) is 0.601. The maximum Gasteiger partial charge on any atom is 0.233 e. The average Bonchev–Trinajstić information content (AvgIpc) is 2.49. The minimum Gasteiger partial charge on any atom is -0.330 e. The van der Waals surface area contributed by atoms with Crippen LogP contribution in [0.4, 0.5) is 0 Å². The van der Waals surface area contributed by atoms with Crippen LogP contribution in [0.3, 0.4) is 0 Å². The molecule has 5 heteroatoms. The number of hydrogen-bond acceptors (Lipinski definition) is 3. The highest BCUT2D eigenvalue weighted by atomic mass is 35.5. The summed E-state index contributed by atoms with van der Waals surface area (Å²) in [5.74, 6) is 0.660. The Morgan fingerprint density at radius 2 is 2.15 bits per heavy atom. The van der Waals surface area contributed by atoms with E-state index in [0.717, 1.165) is 12.1 Å². The Morgan fingerprint density at radius 3 is 2.92 bits per heavy atom. The Balaban J connectivity index is 2.58. The number of fused-ring (bicyclic) bond motifs is 1. The predicted molar refractivity (Wildman–Crippen MR) is 50.8 cm³/mol. The summed E-state index contributed by atoms with van der Waals surface area (Å²) in [4.78, 5) is 8.18. The van der Waals surface area contributed by atoms with Gasteiger partial charge in [-0.2, -0.15) is 0 Å². The van der Waals surface area contributed by atoms with Gasteiger partial charge >= 0.3 is 0 Å². The molecule has 2 rings (SSSR count). The first kappa shape index (κ1) is 8.47. The van der Waals surface area contributed by atoms with Crippen LogP contribution in [0.2, 0.25) is 5.02 Å². The van der Waals surface area contributed by atoms with E-state index >= 15 is 0 Å². The van der Waals surface area contributed by atoms with E-state index in [2.05, 4.69) is 9.97 Å². The molecule has 4 nitrogen and oxygen atoms in total. The Labute approximate surface area is 80.4 Å². The smallest absolute Gasteiger partial charge is 0.233 e. The van der Waals surface area contributed by atoms with Crippen LogP contribution in [0.25, 0.3) is 5.78 Å². The molecular weight excluding hydrogens is 188 g/mol. The topological polar surface area (TPSA) is 56.2 Å². The van der Waals surface area contributed by atoms with Crippen molar-refractivity contribution in [2.24, 2.45) is 5.73 Å². The van der Waals surface area contributed by atoms with Crippen molar-refractivity contribution in [2.75, 3.05) is 6.54 Å². The summed E-state index contributed by atoms with van der Waals surface area (Å²) < 4.78 is 1.86. The highest BCUT2D eigenvalue weighted by Crippen LogP contribution is 2.10. The highest BCUT2D eigenvalue weighted by molar-refractivity contribution is 6.30. The molecule has 0 spiro atoms. The second-order valence-corrected chi connectivity index (χ2v) is 3.17. The normalized spacial score (nSPS) is 10.9. The lowest BCUT2D eigenvalue weighted by atomic mass is 10.3. The number of hydrogen-bond donors (Lipinski definition) is 1. The lowest BCUT2D eigenvalue weighted by molar-refractivity contribution is 0.899. The summed E-state index contributed by atoms with van der Waals surface area (Å²) in [6.45, 7) is 0.598. The van der Waals surface area contributed by atoms with Crippen molar-refractivity contribution < 1.29 is 0 Å². The number of halogens is 1. The van der Waals surface area contributed by atoms with Gasteiger partial charge in [0.1, 0.15) is 0 Å². The van der Waals surface area contributed by atoms with Crippen LogP contribution in [0.5, 0.6) is 0 Å².